The monoisotopic (exact) mass is 614 g/mol. The van der Waals surface area contributed by atoms with E-state index in [4.69, 9.17) is 13.9 Å². The maximum absolute atomic E-state index is 12.5. The Morgan fingerprint density at radius 2 is 1.58 bits per heavy atom. The summed E-state index contributed by atoms with van der Waals surface area (Å²) in [6.07, 6.45) is 11.7. The molecule has 6 heteroatoms. The Balaban J connectivity index is 1.72. The lowest BCUT2D eigenvalue weighted by Crippen LogP contribution is -2.50. The van der Waals surface area contributed by atoms with E-state index < -0.39 is 8.32 Å². The van der Waals surface area contributed by atoms with Gasteiger partial charge in [0.05, 0.1) is 6.10 Å². The molecule has 0 heterocycles. The zero-order chi connectivity index (χ0) is 32.1. The first-order chi connectivity index (χ1) is 19.8. The van der Waals surface area contributed by atoms with Gasteiger partial charge in [-0.05, 0) is 122 Å². The molecule has 0 aromatic rings. The molecule has 3 fully saturated rings. The lowest BCUT2D eigenvalue weighted by molar-refractivity contribution is -0.148. The second-order valence-electron chi connectivity index (χ2n) is 17.0. The number of hydrogen-bond acceptors (Lipinski definition) is 5. The number of rotatable bonds is 8. The van der Waals surface area contributed by atoms with Gasteiger partial charge in [0.25, 0.3) is 0 Å². The summed E-state index contributed by atoms with van der Waals surface area (Å²) in [7, 11) is -2.03. The first kappa shape index (κ1) is 34.5. The van der Waals surface area contributed by atoms with E-state index in [0.717, 1.165) is 51.4 Å². The van der Waals surface area contributed by atoms with Crippen LogP contribution in [0.5, 0.6) is 0 Å². The number of carbonyl (C=O) groups is 2. The zero-order valence-electron chi connectivity index (χ0n) is 29.5. The fourth-order valence-electron chi connectivity index (χ4n) is 9.33. The molecule has 5 nitrogen and oxygen atoms in total. The van der Waals surface area contributed by atoms with E-state index in [-0.39, 0.29) is 46.1 Å². The Morgan fingerprint density at radius 3 is 2.16 bits per heavy atom. The van der Waals surface area contributed by atoms with E-state index in [0.29, 0.717) is 23.7 Å². The number of ether oxygens (including phenoxy) is 2. The van der Waals surface area contributed by atoms with E-state index >= 15 is 0 Å². The van der Waals surface area contributed by atoms with Crippen LogP contribution in [0, 0.1) is 34.5 Å². The molecular formula is C37H62O5Si. The smallest absolute Gasteiger partial charge is 0.303 e. The van der Waals surface area contributed by atoms with Crippen LogP contribution in [0.4, 0.5) is 0 Å². The van der Waals surface area contributed by atoms with Crippen molar-refractivity contribution in [2.45, 2.75) is 163 Å². The zero-order valence-corrected chi connectivity index (χ0v) is 30.5. The van der Waals surface area contributed by atoms with Crippen molar-refractivity contribution in [2.75, 3.05) is 0 Å². The average molecular weight is 615 g/mol. The highest BCUT2D eigenvalue weighted by atomic mass is 28.4. The maximum Gasteiger partial charge on any atom is 0.303 e. The third-order valence-corrected chi connectivity index (χ3v) is 17.1. The molecule has 0 aromatic carbocycles. The number of hydrogen-bond donors (Lipinski definition) is 0. The van der Waals surface area contributed by atoms with Gasteiger partial charge in [0, 0.05) is 20.3 Å². The number of carbonyl (C=O) groups excluding carboxylic acids is 2. The van der Waals surface area contributed by atoms with Crippen LogP contribution < -0.4 is 0 Å². The van der Waals surface area contributed by atoms with Crippen molar-refractivity contribution in [3.63, 3.8) is 0 Å². The third kappa shape index (κ3) is 6.76. The molecule has 8 atom stereocenters. The maximum atomic E-state index is 12.5. The van der Waals surface area contributed by atoms with E-state index in [9.17, 15) is 9.59 Å². The van der Waals surface area contributed by atoms with Gasteiger partial charge in [0.1, 0.15) is 12.2 Å². The van der Waals surface area contributed by atoms with Gasteiger partial charge in [0.2, 0.25) is 0 Å². The van der Waals surface area contributed by atoms with Crippen LogP contribution in [0.1, 0.15) is 127 Å². The average Bonchev–Trinajstić information content (AvgIpc) is 3.16. The van der Waals surface area contributed by atoms with Gasteiger partial charge in [-0.3, -0.25) is 9.59 Å². The van der Waals surface area contributed by atoms with Crippen molar-refractivity contribution in [1.82, 2.24) is 0 Å². The van der Waals surface area contributed by atoms with Crippen LogP contribution in [-0.4, -0.2) is 38.6 Å². The molecule has 0 saturated heterocycles. The molecule has 0 unspecified atom stereocenters. The molecule has 244 valence electrons. The minimum absolute atomic E-state index is 0.00507. The molecule has 3 saturated carbocycles. The SMILES string of the molecule is CC(=O)O[C@H]1CC[C@@]2(C)C(=CC[C@@H]3[C@@H]2CC[C@]2(C)/C(=C(\C)[C@@H](CCC(C)C)O[Si](C)(C)C(C)(C)C)[C@@H](OC(C)=O)C[C@@H]32)C1. The highest BCUT2D eigenvalue weighted by molar-refractivity contribution is 6.74. The number of allylic oxidation sites excluding steroid dienone is 1. The predicted molar refractivity (Wildman–Crippen MR) is 177 cm³/mol. The Labute approximate surface area is 264 Å². The molecule has 0 aliphatic heterocycles. The topological polar surface area (TPSA) is 61.8 Å². The van der Waals surface area contributed by atoms with Gasteiger partial charge < -0.3 is 13.9 Å². The summed E-state index contributed by atoms with van der Waals surface area (Å²) in [6.45, 7) is 26.7. The first-order valence-corrected chi connectivity index (χ1v) is 20.1. The molecule has 0 aromatic heterocycles. The first-order valence-electron chi connectivity index (χ1n) is 17.2. The van der Waals surface area contributed by atoms with E-state index in [2.05, 4.69) is 74.6 Å². The summed E-state index contributed by atoms with van der Waals surface area (Å²) in [5.41, 5.74) is 4.37. The fraction of sp³-hybridized carbons (Fsp3) is 0.838. The van der Waals surface area contributed by atoms with Gasteiger partial charge in [-0.2, -0.15) is 0 Å². The fourth-order valence-corrected chi connectivity index (χ4v) is 10.7. The minimum atomic E-state index is -2.03. The van der Waals surface area contributed by atoms with Crippen LogP contribution >= 0.6 is 0 Å². The van der Waals surface area contributed by atoms with Crippen LogP contribution in [0.25, 0.3) is 0 Å². The summed E-state index contributed by atoms with van der Waals surface area (Å²) >= 11 is 0. The number of fused-ring (bicyclic) bond motifs is 5. The molecule has 4 aliphatic rings. The third-order valence-electron chi connectivity index (χ3n) is 12.7. The Morgan fingerprint density at radius 1 is 0.953 bits per heavy atom. The van der Waals surface area contributed by atoms with Gasteiger partial charge in [-0.25, -0.2) is 0 Å². The van der Waals surface area contributed by atoms with Crippen molar-refractivity contribution in [1.29, 1.82) is 0 Å². The molecule has 43 heavy (non-hydrogen) atoms. The minimum Gasteiger partial charge on any atom is -0.462 e. The highest BCUT2D eigenvalue weighted by Crippen LogP contribution is 2.67. The van der Waals surface area contributed by atoms with E-state index in [1.807, 2.05) is 0 Å². The summed E-state index contributed by atoms with van der Waals surface area (Å²) in [5.74, 6) is 1.91. The molecule has 0 bridgehead atoms. The van der Waals surface area contributed by atoms with E-state index in [1.165, 1.54) is 30.1 Å². The molecule has 0 N–H and O–H groups in total. The molecule has 0 amide bonds. The van der Waals surface area contributed by atoms with Gasteiger partial charge >= 0.3 is 11.9 Å². The lowest BCUT2D eigenvalue weighted by Gasteiger charge is -2.57. The van der Waals surface area contributed by atoms with Crippen molar-refractivity contribution >= 4 is 20.3 Å². The quantitative estimate of drug-likeness (QED) is 0.155. The largest absolute Gasteiger partial charge is 0.462 e. The number of esters is 2. The normalized spacial score (nSPS) is 36.2. The van der Waals surface area contributed by atoms with Crippen molar-refractivity contribution in [2.24, 2.45) is 34.5 Å². The second kappa shape index (κ2) is 12.4. The molecule has 4 aliphatic carbocycles. The molecular weight excluding hydrogens is 552 g/mol. The Hall–Kier alpha value is -1.40. The van der Waals surface area contributed by atoms with Gasteiger partial charge in [-0.15, -0.1) is 0 Å². The van der Waals surface area contributed by atoms with Crippen LogP contribution in [0.15, 0.2) is 22.8 Å². The van der Waals surface area contributed by atoms with Crippen LogP contribution in [0.3, 0.4) is 0 Å². The van der Waals surface area contributed by atoms with Crippen LogP contribution in [-0.2, 0) is 23.5 Å². The van der Waals surface area contributed by atoms with E-state index in [1.54, 1.807) is 6.92 Å². The summed E-state index contributed by atoms with van der Waals surface area (Å²) < 4.78 is 19.1. The van der Waals surface area contributed by atoms with Gasteiger partial charge in [0.15, 0.2) is 8.32 Å². The predicted octanol–water partition coefficient (Wildman–Crippen LogP) is 9.57. The van der Waals surface area contributed by atoms with Gasteiger partial charge in [-0.1, -0.05) is 60.1 Å². The Kier molecular flexibility index (Phi) is 9.95. The van der Waals surface area contributed by atoms with Crippen LogP contribution in [0.2, 0.25) is 18.1 Å². The standard InChI is InChI=1S/C37H62O5Si/c1-23(2)13-16-32(42-43(11,12)35(6,7)8)24(3)34-33(41-26(5)39)22-31-29-15-14-27-21-28(40-25(4)38)17-19-36(27,9)30(29)18-20-37(31,34)10/h14,23,28-33H,13,15-22H2,1-12H3/b34-24+/t28-,29+,30-,31-,32+,33-,36-,37-/m0/s1. The lowest BCUT2D eigenvalue weighted by atomic mass is 9.47. The van der Waals surface area contributed by atoms with Crippen molar-refractivity contribution in [3.8, 4) is 0 Å². The molecule has 0 spiro atoms. The molecule has 4 rings (SSSR count). The summed E-state index contributed by atoms with van der Waals surface area (Å²) in [6, 6.07) is 0. The highest BCUT2D eigenvalue weighted by Gasteiger charge is 2.61. The van der Waals surface area contributed by atoms with Crippen molar-refractivity contribution < 1.29 is 23.5 Å². The second-order valence-corrected chi connectivity index (χ2v) is 21.7. The Bertz CT molecular complexity index is 1130. The summed E-state index contributed by atoms with van der Waals surface area (Å²) in [5, 5.41) is 0.125. The van der Waals surface area contributed by atoms with Crippen molar-refractivity contribution in [3.05, 3.63) is 22.8 Å². The summed E-state index contributed by atoms with van der Waals surface area (Å²) in [4.78, 5) is 24.2. The molecule has 0 radical (unpaired) electrons.